The van der Waals surface area contributed by atoms with Gasteiger partial charge in [-0.25, -0.2) is 0 Å². The molecule has 2 N–H and O–H groups in total. The van der Waals surface area contributed by atoms with Gasteiger partial charge in [-0.15, -0.1) is 0 Å². The van der Waals surface area contributed by atoms with Crippen molar-refractivity contribution in [2.24, 2.45) is 0 Å². The summed E-state index contributed by atoms with van der Waals surface area (Å²) in [6, 6.07) is 11.0. The molecule has 3 aromatic rings. The highest BCUT2D eigenvalue weighted by Crippen LogP contribution is 2.27. The van der Waals surface area contributed by atoms with Gasteiger partial charge in [-0.1, -0.05) is 11.2 Å². The van der Waals surface area contributed by atoms with Crippen molar-refractivity contribution in [1.29, 1.82) is 0 Å². The van der Waals surface area contributed by atoms with Crippen LogP contribution in [0.4, 0.5) is 5.69 Å². The molecule has 0 saturated heterocycles. The van der Waals surface area contributed by atoms with Gasteiger partial charge >= 0.3 is 0 Å². The molecular weight excluding hydrogens is 318 g/mol. The lowest BCUT2D eigenvalue weighted by Crippen LogP contribution is -2.15. The maximum absolute atomic E-state index is 5.98. The van der Waals surface area contributed by atoms with Crippen LogP contribution in [0.2, 0.25) is 0 Å². The van der Waals surface area contributed by atoms with Crippen molar-refractivity contribution in [3.63, 3.8) is 0 Å². The van der Waals surface area contributed by atoms with Gasteiger partial charge in [0.15, 0.2) is 0 Å². The second kappa shape index (κ2) is 7.76. The summed E-state index contributed by atoms with van der Waals surface area (Å²) < 4.78 is 11.1. The molecule has 7 nitrogen and oxygen atoms in total. The molecule has 0 aliphatic carbocycles. The summed E-state index contributed by atoms with van der Waals surface area (Å²) in [6.45, 7) is 1.58. The number of pyridine rings is 1. The van der Waals surface area contributed by atoms with Gasteiger partial charge in [0.05, 0.1) is 6.61 Å². The smallest absolute Gasteiger partial charge is 0.258 e. The van der Waals surface area contributed by atoms with Crippen molar-refractivity contribution in [3.8, 4) is 28.7 Å². The zero-order chi connectivity index (χ0) is 17.6. The molecule has 0 unspecified atom stereocenters. The van der Waals surface area contributed by atoms with Crippen LogP contribution in [0.3, 0.4) is 0 Å². The summed E-state index contributed by atoms with van der Waals surface area (Å²) in [5.41, 5.74) is 7.93. The first-order valence-electron chi connectivity index (χ1n) is 8.05. The predicted octanol–water partition coefficient (Wildman–Crippen LogP) is 2.71. The molecule has 0 saturated carbocycles. The van der Waals surface area contributed by atoms with Crippen LogP contribution < -0.4 is 10.5 Å². The molecule has 130 valence electrons. The van der Waals surface area contributed by atoms with Crippen LogP contribution in [0.5, 0.6) is 5.75 Å². The summed E-state index contributed by atoms with van der Waals surface area (Å²) in [5, 5.41) is 3.98. The minimum atomic E-state index is 0.381. The number of ether oxygens (including phenoxy) is 1. The number of benzene rings is 1. The molecule has 7 heteroatoms. The van der Waals surface area contributed by atoms with E-state index in [1.54, 1.807) is 18.3 Å². The molecule has 0 aliphatic rings. The Kier molecular flexibility index (Phi) is 5.25. The molecule has 0 radical (unpaired) electrons. The Morgan fingerprint density at radius 2 is 2.08 bits per heavy atom. The third-order valence-electron chi connectivity index (χ3n) is 3.51. The number of rotatable bonds is 7. The molecule has 25 heavy (non-hydrogen) atoms. The first-order valence-corrected chi connectivity index (χ1v) is 8.05. The van der Waals surface area contributed by atoms with Crippen LogP contribution in [0, 0.1) is 0 Å². The maximum atomic E-state index is 5.98. The summed E-state index contributed by atoms with van der Waals surface area (Å²) in [4.78, 5) is 10.7. The Bertz CT molecular complexity index is 817. The number of hydrogen-bond acceptors (Lipinski definition) is 7. The number of anilines is 1. The lowest BCUT2D eigenvalue weighted by Gasteiger charge is -2.11. The molecular formula is C18H21N5O2. The molecule has 0 bridgehead atoms. The maximum Gasteiger partial charge on any atom is 0.258 e. The van der Waals surface area contributed by atoms with Gasteiger partial charge in [0.2, 0.25) is 5.82 Å². The molecule has 0 fully saturated rings. The predicted molar refractivity (Wildman–Crippen MR) is 96.0 cm³/mol. The second-order valence-electron chi connectivity index (χ2n) is 5.93. The molecule has 3 rings (SSSR count). The fourth-order valence-electron chi connectivity index (χ4n) is 2.34. The molecule has 0 aliphatic heterocycles. The first kappa shape index (κ1) is 16.9. The second-order valence-corrected chi connectivity index (χ2v) is 5.93. The van der Waals surface area contributed by atoms with Gasteiger partial charge < -0.3 is 19.9 Å². The monoisotopic (exact) mass is 339 g/mol. The van der Waals surface area contributed by atoms with E-state index in [-0.39, 0.29) is 0 Å². The summed E-state index contributed by atoms with van der Waals surface area (Å²) >= 11 is 0. The first-order chi connectivity index (χ1) is 12.1. The lowest BCUT2D eigenvalue weighted by atomic mass is 10.2. The molecule has 2 aromatic heterocycles. The third-order valence-corrected chi connectivity index (χ3v) is 3.51. The van der Waals surface area contributed by atoms with E-state index < -0.39 is 0 Å². The molecule has 1 aromatic carbocycles. The van der Waals surface area contributed by atoms with Crippen molar-refractivity contribution >= 4 is 5.69 Å². The SMILES string of the molecule is CN(C)CCCOc1cc(N)cc(-c2nc(-c3ccccn3)no2)c1. The van der Waals surface area contributed by atoms with Crippen molar-refractivity contribution in [2.75, 3.05) is 33.0 Å². The molecule has 0 atom stereocenters. The minimum absolute atomic E-state index is 0.381. The normalized spacial score (nSPS) is 11.0. The average molecular weight is 339 g/mol. The Morgan fingerprint density at radius 3 is 2.84 bits per heavy atom. The zero-order valence-corrected chi connectivity index (χ0v) is 14.3. The topological polar surface area (TPSA) is 90.3 Å². The van der Waals surface area contributed by atoms with E-state index in [4.69, 9.17) is 15.0 Å². The van der Waals surface area contributed by atoms with Crippen molar-refractivity contribution in [1.82, 2.24) is 20.0 Å². The van der Waals surface area contributed by atoms with Crippen molar-refractivity contribution in [3.05, 3.63) is 42.6 Å². The highest BCUT2D eigenvalue weighted by molar-refractivity contribution is 5.64. The van der Waals surface area contributed by atoms with E-state index in [9.17, 15) is 0 Å². The summed E-state index contributed by atoms with van der Waals surface area (Å²) in [5.74, 6) is 1.50. The van der Waals surface area contributed by atoms with Crippen LogP contribution >= 0.6 is 0 Å². The van der Waals surface area contributed by atoms with Gasteiger partial charge in [0.1, 0.15) is 11.4 Å². The molecule has 0 amide bonds. The summed E-state index contributed by atoms with van der Waals surface area (Å²) in [6.07, 6.45) is 2.62. The van der Waals surface area contributed by atoms with Crippen LogP contribution in [0.15, 0.2) is 47.1 Å². The quantitative estimate of drug-likeness (QED) is 0.523. The minimum Gasteiger partial charge on any atom is -0.493 e. The highest BCUT2D eigenvalue weighted by Gasteiger charge is 2.13. The van der Waals surface area contributed by atoms with Crippen molar-refractivity contribution < 1.29 is 9.26 Å². The van der Waals surface area contributed by atoms with Gasteiger partial charge in [-0.3, -0.25) is 4.98 Å². The Balaban J connectivity index is 1.75. The largest absolute Gasteiger partial charge is 0.493 e. The van der Waals surface area contributed by atoms with Crippen LogP contribution in [-0.2, 0) is 0 Å². The zero-order valence-electron chi connectivity index (χ0n) is 14.3. The van der Waals surface area contributed by atoms with E-state index in [2.05, 4.69) is 20.0 Å². The number of nitrogens with zero attached hydrogens (tertiary/aromatic N) is 4. The number of hydrogen-bond donors (Lipinski definition) is 1. The van der Waals surface area contributed by atoms with E-state index in [0.29, 0.717) is 35.5 Å². The standard InChI is InChI=1S/C18H21N5O2/c1-23(2)8-5-9-24-15-11-13(10-14(19)12-15)18-21-17(22-25-18)16-6-3-4-7-20-16/h3-4,6-7,10-12H,5,8-9,19H2,1-2H3. The highest BCUT2D eigenvalue weighted by atomic mass is 16.5. The average Bonchev–Trinajstić information content (AvgIpc) is 3.09. The fraction of sp³-hybridized carbons (Fsp3) is 0.278. The number of nitrogen functional groups attached to an aromatic ring is 1. The van der Waals surface area contributed by atoms with Gasteiger partial charge in [-0.05, 0) is 44.8 Å². The van der Waals surface area contributed by atoms with Crippen LogP contribution in [0.1, 0.15) is 6.42 Å². The number of aromatic nitrogens is 3. The van der Waals surface area contributed by atoms with Crippen LogP contribution in [-0.4, -0.2) is 47.3 Å². The van der Waals surface area contributed by atoms with Crippen LogP contribution in [0.25, 0.3) is 23.0 Å². The lowest BCUT2D eigenvalue weighted by molar-refractivity contribution is 0.281. The summed E-state index contributed by atoms with van der Waals surface area (Å²) in [7, 11) is 4.07. The van der Waals surface area contributed by atoms with Gasteiger partial charge in [-0.2, -0.15) is 4.98 Å². The van der Waals surface area contributed by atoms with Gasteiger partial charge in [0, 0.05) is 30.1 Å². The van der Waals surface area contributed by atoms with E-state index in [1.165, 1.54) is 0 Å². The molecule has 2 heterocycles. The van der Waals surface area contributed by atoms with E-state index in [0.717, 1.165) is 18.5 Å². The van der Waals surface area contributed by atoms with Crippen molar-refractivity contribution in [2.45, 2.75) is 6.42 Å². The fourth-order valence-corrected chi connectivity index (χ4v) is 2.34. The van der Waals surface area contributed by atoms with E-state index >= 15 is 0 Å². The number of nitrogens with two attached hydrogens (primary N) is 1. The molecule has 0 spiro atoms. The van der Waals surface area contributed by atoms with E-state index in [1.807, 2.05) is 38.4 Å². The Labute approximate surface area is 146 Å². The Hall–Kier alpha value is -2.93. The van der Waals surface area contributed by atoms with Gasteiger partial charge in [0.25, 0.3) is 5.89 Å². The Morgan fingerprint density at radius 1 is 1.20 bits per heavy atom. The third kappa shape index (κ3) is 4.54.